The average molecular weight is 303 g/mol. The van der Waals surface area contributed by atoms with Crippen molar-refractivity contribution in [3.05, 3.63) is 58.9 Å². The number of hydrogen-bond donors (Lipinski definition) is 1. The molecule has 3 rings (SSSR count). The lowest BCUT2D eigenvalue weighted by Crippen LogP contribution is -2.12. The van der Waals surface area contributed by atoms with Gasteiger partial charge in [-0.15, -0.1) is 0 Å². The van der Waals surface area contributed by atoms with E-state index in [-0.39, 0.29) is 0 Å². The Morgan fingerprint density at radius 2 is 1.35 bits per heavy atom. The SMILES string of the molecule is Fc1c(F)c(F)c(C2Nc3ccccc3S2)c(F)c1F. The molecule has 2 aromatic carbocycles. The zero-order chi connectivity index (χ0) is 14.4. The van der Waals surface area contributed by atoms with Crippen LogP contribution >= 0.6 is 11.8 Å². The van der Waals surface area contributed by atoms with Crippen molar-refractivity contribution in [2.45, 2.75) is 10.3 Å². The lowest BCUT2D eigenvalue weighted by Gasteiger charge is -2.14. The van der Waals surface area contributed by atoms with E-state index in [2.05, 4.69) is 5.32 Å². The maximum atomic E-state index is 13.7. The van der Waals surface area contributed by atoms with Gasteiger partial charge in [-0.25, -0.2) is 22.0 Å². The molecule has 0 aromatic heterocycles. The lowest BCUT2D eigenvalue weighted by molar-refractivity contribution is 0.370. The molecule has 0 saturated heterocycles. The van der Waals surface area contributed by atoms with E-state index in [0.717, 1.165) is 11.8 Å². The Bertz CT molecular complexity index is 649. The van der Waals surface area contributed by atoms with Crippen LogP contribution in [0.15, 0.2) is 29.2 Å². The van der Waals surface area contributed by atoms with Crippen LogP contribution in [0.4, 0.5) is 27.6 Å². The van der Waals surface area contributed by atoms with Gasteiger partial charge in [-0.05, 0) is 12.1 Å². The molecule has 1 N–H and O–H groups in total. The highest BCUT2D eigenvalue weighted by Crippen LogP contribution is 2.48. The second-order valence-corrected chi connectivity index (χ2v) is 5.27. The first-order chi connectivity index (χ1) is 9.50. The third kappa shape index (κ3) is 1.84. The number of nitrogens with one attached hydrogen (secondary N) is 1. The van der Waals surface area contributed by atoms with Crippen LogP contribution in [0.3, 0.4) is 0 Å². The number of benzene rings is 2. The highest BCUT2D eigenvalue weighted by molar-refractivity contribution is 8.00. The molecule has 104 valence electrons. The fraction of sp³-hybridized carbons (Fsp3) is 0.0769. The van der Waals surface area contributed by atoms with Gasteiger partial charge >= 0.3 is 0 Å². The Labute approximate surface area is 114 Å². The fourth-order valence-electron chi connectivity index (χ4n) is 1.97. The number of hydrogen-bond acceptors (Lipinski definition) is 2. The average Bonchev–Trinajstić information content (AvgIpc) is 2.86. The van der Waals surface area contributed by atoms with E-state index < -0.39 is 40.0 Å². The molecule has 0 amide bonds. The van der Waals surface area contributed by atoms with Crippen LogP contribution < -0.4 is 5.32 Å². The standard InChI is InChI=1S/C13H6F5NS/c14-8-7(9(15)11(17)12(18)10(8)16)13-19-5-3-1-2-4-6(5)20-13/h1-4,13,19H. The minimum atomic E-state index is -2.15. The second kappa shape index (κ2) is 4.66. The molecule has 2 aromatic rings. The summed E-state index contributed by atoms with van der Waals surface area (Å²) in [4.78, 5) is 0.682. The van der Waals surface area contributed by atoms with E-state index >= 15 is 0 Å². The van der Waals surface area contributed by atoms with Gasteiger partial charge in [0, 0.05) is 10.6 Å². The molecule has 0 fully saturated rings. The number of rotatable bonds is 1. The van der Waals surface area contributed by atoms with Gasteiger partial charge in [0.15, 0.2) is 23.3 Å². The summed E-state index contributed by atoms with van der Waals surface area (Å²) in [6.07, 6.45) is 0. The zero-order valence-electron chi connectivity index (χ0n) is 9.68. The summed E-state index contributed by atoms with van der Waals surface area (Å²) in [5, 5.41) is 1.68. The summed E-state index contributed by atoms with van der Waals surface area (Å²) in [6.45, 7) is 0. The largest absolute Gasteiger partial charge is 0.368 e. The predicted octanol–water partition coefficient (Wildman–Crippen LogP) is 4.60. The van der Waals surface area contributed by atoms with Crippen molar-refractivity contribution in [2.75, 3.05) is 5.32 Å². The number of para-hydroxylation sites is 1. The summed E-state index contributed by atoms with van der Waals surface area (Å²) in [5.41, 5.74) is -0.269. The molecule has 0 spiro atoms. The molecule has 20 heavy (non-hydrogen) atoms. The summed E-state index contributed by atoms with van der Waals surface area (Å²) in [7, 11) is 0. The first-order valence-corrected chi connectivity index (χ1v) is 6.42. The predicted molar refractivity (Wildman–Crippen MR) is 64.9 cm³/mol. The van der Waals surface area contributed by atoms with Crippen molar-refractivity contribution in [1.82, 2.24) is 0 Å². The molecule has 0 aliphatic carbocycles. The maximum Gasteiger partial charge on any atom is 0.200 e. The highest BCUT2D eigenvalue weighted by atomic mass is 32.2. The fourth-order valence-corrected chi connectivity index (χ4v) is 3.15. The first kappa shape index (κ1) is 13.2. The summed E-state index contributed by atoms with van der Waals surface area (Å²) < 4.78 is 66.8. The third-order valence-electron chi connectivity index (χ3n) is 2.92. The Balaban J connectivity index is 2.10. The van der Waals surface area contributed by atoms with Gasteiger partial charge < -0.3 is 5.32 Å². The Hall–Kier alpha value is -1.76. The van der Waals surface area contributed by atoms with Crippen molar-refractivity contribution in [3.8, 4) is 0 Å². The zero-order valence-corrected chi connectivity index (χ0v) is 10.5. The van der Waals surface area contributed by atoms with E-state index in [0.29, 0.717) is 10.6 Å². The summed E-state index contributed by atoms with van der Waals surface area (Å²) >= 11 is 0.994. The maximum absolute atomic E-state index is 13.7. The van der Waals surface area contributed by atoms with E-state index in [1.165, 1.54) is 0 Å². The van der Waals surface area contributed by atoms with E-state index in [4.69, 9.17) is 0 Å². The molecular formula is C13H6F5NS. The Morgan fingerprint density at radius 1 is 0.800 bits per heavy atom. The van der Waals surface area contributed by atoms with Crippen LogP contribution in [0, 0.1) is 29.1 Å². The van der Waals surface area contributed by atoms with Gasteiger partial charge in [0.2, 0.25) is 5.82 Å². The molecule has 0 radical (unpaired) electrons. The van der Waals surface area contributed by atoms with Crippen molar-refractivity contribution < 1.29 is 22.0 Å². The van der Waals surface area contributed by atoms with E-state index in [1.807, 2.05) is 0 Å². The number of thioether (sulfide) groups is 1. The first-order valence-electron chi connectivity index (χ1n) is 5.54. The van der Waals surface area contributed by atoms with Crippen LogP contribution in [0.1, 0.15) is 10.9 Å². The van der Waals surface area contributed by atoms with Crippen molar-refractivity contribution in [1.29, 1.82) is 0 Å². The van der Waals surface area contributed by atoms with Gasteiger partial charge in [-0.1, -0.05) is 23.9 Å². The minimum absolute atomic E-state index is 0.589. The highest BCUT2D eigenvalue weighted by Gasteiger charge is 2.33. The van der Waals surface area contributed by atoms with Crippen molar-refractivity contribution in [2.24, 2.45) is 0 Å². The summed E-state index contributed by atoms with van der Waals surface area (Å²) in [6, 6.07) is 6.77. The van der Waals surface area contributed by atoms with Gasteiger partial charge in [-0.3, -0.25) is 0 Å². The quantitative estimate of drug-likeness (QED) is 0.469. The molecule has 0 bridgehead atoms. The molecule has 1 unspecified atom stereocenters. The number of anilines is 1. The smallest absolute Gasteiger partial charge is 0.200 e. The number of fused-ring (bicyclic) bond motifs is 1. The lowest BCUT2D eigenvalue weighted by atomic mass is 10.1. The molecule has 1 aliphatic heterocycles. The molecule has 7 heteroatoms. The van der Waals surface area contributed by atoms with Crippen molar-refractivity contribution >= 4 is 17.4 Å². The molecule has 1 nitrogen and oxygen atoms in total. The van der Waals surface area contributed by atoms with Crippen LogP contribution in [0.2, 0.25) is 0 Å². The van der Waals surface area contributed by atoms with E-state index in [1.54, 1.807) is 24.3 Å². The van der Waals surface area contributed by atoms with Crippen molar-refractivity contribution in [3.63, 3.8) is 0 Å². The van der Waals surface area contributed by atoms with Gasteiger partial charge in [0.1, 0.15) is 5.37 Å². The van der Waals surface area contributed by atoms with Gasteiger partial charge in [-0.2, -0.15) is 0 Å². The molecule has 1 aliphatic rings. The van der Waals surface area contributed by atoms with Crippen LogP contribution in [0.5, 0.6) is 0 Å². The molecule has 1 heterocycles. The molecular weight excluding hydrogens is 297 g/mol. The minimum Gasteiger partial charge on any atom is -0.368 e. The normalized spacial score (nSPS) is 16.9. The van der Waals surface area contributed by atoms with Crippen LogP contribution in [-0.2, 0) is 0 Å². The summed E-state index contributed by atoms with van der Waals surface area (Å²) in [5.74, 6) is -9.63. The molecule has 1 atom stereocenters. The Kier molecular flexibility index (Phi) is 3.08. The second-order valence-electron chi connectivity index (χ2n) is 4.12. The van der Waals surface area contributed by atoms with Crippen LogP contribution in [-0.4, -0.2) is 0 Å². The topological polar surface area (TPSA) is 12.0 Å². The number of halogens is 5. The van der Waals surface area contributed by atoms with E-state index in [9.17, 15) is 22.0 Å². The van der Waals surface area contributed by atoms with Crippen LogP contribution in [0.25, 0.3) is 0 Å². The van der Waals surface area contributed by atoms with Gasteiger partial charge in [0.25, 0.3) is 0 Å². The monoisotopic (exact) mass is 303 g/mol. The third-order valence-corrected chi connectivity index (χ3v) is 4.12. The Morgan fingerprint density at radius 3 is 1.95 bits per heavy atom. The molecule has 0 saturated carbocycles. The van der Waals surface area contributed by atoms with Gasteiger partial charge in [0.05, 0.1) is 5.56 Å².